The maximum atomic E-state index is 5.79. The van der Waals surface area contributed by atoms with E-state index < -0.39 is 0 Å². The Balaban J connectivity index is 2.77. The van der Waals surface area contributed by atoms with Crippen LogP contribution in [0.1, 0.15) is 11.4 Å². The number of rotatable bonds is 1. The number of H-pyrrole nitrogens is 1. The number of hydrogen-bond acceptors (Lipinski definition) is 0. The average molecular weight is 196 g/mol. The Morgan fingerprint density at radius 3 is 2.92 bits per heavy atom. The van der Waals surface area contributed by atoms with Crippen LogP contribution in [0.15, 0.2) is 18.2 Å². The SMILES string of the molecule is Cc1ccc2[nH]c(CCl)[n+](C)c2c1. The maximum Gasteiger partial charge on any atom is 0.270 e. The summed E-state index contributed by atoms with van der Waals surface area (Å²) in [6.45, 7) is 2.09. The molecule has 0 amide bonds. The summed E-state index contributed by atoms with van der Waals surface area (Å²) in [5.74, 6) is 1.56. The topological polar surface area (TPSA) is 19.7 Å². The quantitative estimate of drug-likeness (QED) is 0.531. The van der Waals surface area contributed by atoms with E-state index in [-0.39, 0.29) is 0 Å². The highest BCUT2D eigenvalue weighted by Crippen LogP contribution is 2.11. The van der Waals surface area contributed by atoms with Crippen LogP contribution in [0.3, 0.4) is 0 Å². The van der Waals surface area contributed by atoms with E-state index >= 15 is 0 Å². The van der Waals surface area contributed by atoms with Crippen molar-refractivity contribution in [2.24, 2.45) is 7.05 Å². The third kappa shape index (κ3) is 1.31. The molecule has 2 nitrogen and oxygen atoms in total. The number of aromatic amines is 1. The fourth-order valence-electron chi connectivity index (χ4n) is 1.53. The van der Waals surface area contributed by atoms with Crippen molar-refractivity contribution in [3.05, 3.63) is 29.6 Å². The molecule has 0 atom stereocenters. The minimum absolute atomic E-state index is 0.518. The van der Waals surface area contributed by atoms with E-state index in [1.807, 2.05) is 7.05 Å². The number of alkyl halides is 1. The molecule has 68 valence electrons. The van der Waals surface area contributed by atoms with Gasteiger partial charge in [-0.15, -0.1) is 11.6 Å². The Morgan fingerprint density at radius 2 is 2.23 bits per heavy atom. The predicted molar refractivity (Wildman–Crippen MR) is 53.8 cm³/mol. The predicted octanol–water partition coefficient (Wildman–Crippen LogP) is 2.04. The second-order valence-corrected chi connectivity index (χ2v) is 3.55. The minimum Gasteiger partial charge on any atom is -0.240 e. The summed E-state index contributed by atoms with van der Waals surface area (Å²) in [5.41, 5.74) is 3.61. The van der Waals surface area contributed by atoms with Gasteiger partial charge in [0.2, 0.25) is 0 Å². The van der Waals surface area contributed by atoms with Gasteiger partial charge in [-0.05, 0) is 24.6 Å². The van der Waals surface area contributed by atoms with Crippen molar-refractivity contribution in [3.63, 3.8) is 0 Å². The first kappa shape index (κ1) is 8.57. The lowest BCUT2D eigenvalue weighted by Crippen LogP contribution is -2.30. The fraction of sp³-hybridized carbons (Fsp3) is 0.300. The number of nitrogens with zero attached hydrogens (tertiary/aromatic N) is 1. The standard InChI is InChI=1S/C10H11ClN2/c1-7-3-4-8-9(5-7)13(2)10(6-11)12-8/h3-5H,6H2,1-2H3/p+1. The molecular weight excluding hydrogens is 184 g/mol. The van der Waals surface area contributed by atoms with Crippen LogP contribution in [-0.2, 0) is 12.9 Å². The highest BCUT2D eigenvalue weighted by atomic mass is 35.5. The Kier molecular flexibility index (Phi) is 2.00. The van der Waals surface area contributed by atoms with Gasteiger partial charge in [-0.2, -0.15) is 0 Å². The molecule has 13 heavy (non-hydrogen) atoms. The number of imidazole rings is 1. The molecule has 0 spiro atoms. The monoisotopic (exact) mass is 195 g/mol. The van der Waals surface area contributed by atoms with Crippen molar-refractivity contribution in [2.75, 3.05) is 0 Å². The second-order valence-electron chi connectivity index (χ2n) is 3.28. The first-order valence-corrected chi connectivity index (χ1v) is 4.79. The number of hydrogen-bond donors (Lipinski definition) is 1. The average Bonchev–Trinajstić information content (AvgIpc) is 2.44. The first-order chi connectivity index (χ1) is 6.22. The highest BCUT2D eigenvalue weighted by Gasteiger charge is 2.13. The zero-order valence-corrected chi connectivity index (χ0v) is 8.52. The Morgan fingerprint density at radius 1 is 1.46 bits per heavy atom. The summed E-state index contributed by atoms with van der Waals surface area (Å²) in [6, 6.07) is 6.33. The molecule has 2 aromatic rings. The van der Waals surface area contributed by atoms with Crippen molar-refractivity contribution in [2.45, 2.75) is 12.8 Å². The van der Waals surface area contributed by atoms with E-state index in [2.05, 4.69) is 34.7 Å². The van der Waals surface area contributed by atoms with E-state index in [0.717, 1.165) is 11.3 Å². The van der Waals surface area contributed by atoms with Crippen LogP contribution in [0.2, 0.25) is 0 Å². The van der Waals surface area contributed by atoms with Gasteiger partial charge in [0.1, 0.15) is 5.88 Å². The highest BCUT2D eigenvalue weighted by molar-refractivity contribution is 6.16. The number of nitrogens with one attached hydrogen (secondary N) is 1. The van der Waals surface area contributed by atoms with Crippen molar-refractivity contribution in [1.29, 1.82) is 0 Å². The molecule has 0 saturated carbocycles. The number of benzene rings is 1. The summed E-state index contributed by atoms with van der Waals surface area (Å²) in [6.07, 6.45) is 0. The molecule has 0 bridgehead atoms. The molecule has 1 heterocycles. The van der Waals surface area contributed by atoms with Crippen LogP contribution in [0.4, 0.5) is 0 Å². The molecule has 1 aromatic heterocycles. The second kappa shape index (κ2) is 3.04. The first-order valence-electron chi connectivity index (χ1n) is 4.25. The van der Waals surface area contributed by atoms with Crippen LogP contribution in [-0.4, -0.2) is 4.98 Å². The van der Waals surface area contributed by atoms with Gasteiger partial charge in [0, 0.05) is 0 Å². The molecule has 1 N–H and O–H groups in total. The van der Waals surface area contributed by atoms with Crippen LogP contribution < -0.4 is 4.57 Å². The summed E-state index contributed by atoms with van der Waals surface area (Å²) < 4.78 is 2.09. The zero-order valence-electron chi connectivity index (χ0n) is 7.76. The summed E-state index contributed by atoms with van der Waals surface area (Å²) in [5, 5.41) is 0. The van der Waals surface area contributed by atoms with Gasteiger partial charge >= 0.3 is 0 Å². The van der Waals surface area contributed by atoms with Gasteiger partial charge in [-0.3, -0.25) is 0 Å². The summed E-state index contributed by atoms with van der Waals surface area (Å²) in [7, 11) is 2.02. The Bertz CT molecular complexity index is 445. The fourth-order valence-corrected chi connectivity index (χ4v) is 1.78. The van der Waals surface area contributed by atoms with Crippen LogP contribution in [0.5, 0.6) is 0 Å². The van der Waals surface area contributed by atoms with Crippen molar-refractivity contribution in [1.82, 2.24) is 4.98 Å². The van der Waals surface area contributed by atoms with Crippen molar-refractivity contribution < 1.29 is 4.57 Å². The van der Waals surface area contributed by atoms with E-state index in [9.17, 15) is 0 Å². The van der Waals surface area contributed by atoms with Gasteiger partial charge in [0.05, 0.1) is 7.05 Å². The van der Waals surface area contributed by atoms with E-state index in [1.54, 1.807) is 0 Å². The number of aromatic nitrogens is 2. The number of fused-ring (bicyclic) bond motifs is 1. The molecule has 0 aliphatic carbocycles. The molecule has 3 heteroatoms. The van der Waals surface area contributed by atoms with Crippen molar-refractivity contribution in [3.8, 4) is 0 Å². The summed E-state index contributed by atoms with van der Waals surface area (Å²) in [4.78, 5) is 3.27. The molecule has 1 aromatic carbocycles. The van der Waals surface area contributed by atoms with E-state index in [1.165, 1.54) is 11.1 Å². The molecule has 0 saturated heterocycles. The zero-order chi connectivity index (χ0) is 9.42. The number of aryl methyl sites for hydroxylation is 2. The van der Waals surface area contributed by atoms with Crippen LogP contribution in [0.25, 0.3) is 11.0 Å². The smallest absolute Gasteiger partial charge is 0.240 e. The van der Waals surface area contributed by atoms with Crippen LogP contribution in [0, 0.1) is 6.92 Å². The lowest BCUT2D eigenvalue weighted by molar-refractivity contribution is -0.651. The molecular formula is C10H12ClN2+. The van der Waals surface area contributed by atoms with E-state index in [4.69, 9.17) is 11.6 Å². The lowest BCUT2D eigenvalue weighted by Gasteiger charge is -1.90. The van der Waals surface area contributed by atoms with Gasteiger partial charge < -0.3 is 0 Å². The third-order valence-corrected chi connectivity index (χ3v) is 2.58. The maximum absolute atomic E-state index is 5.79. The van der Waals surface area contributed by atoms with Gasteiger partial charge in [0.25, 0.3) is 5.82 Å². The minimum atomic E-state index is 0.518. The third-order valence-electron chi connectivity index (χ3n) is 2.33. The molecule has 2 rings (SSSR count). The summed E-state index contributed by atoms with van der Waals surface area (Å²) >= 11 is 5.79. The van der Waals surface area contributed by atoms with Gasteiger partial charge in [-0.25, -0.2) is 9.55 Å². The van der Waals surface area contributed by atoms with Gasteiger partial charge in [-0.1, -0.05) is 6.07 Å². The largest absolute Gasteiger partial charge is 0.270 e. The molecule has 0 unspecified atom stereocenters. The normalized spacial score (nSPS) is 11.0. The Hall–Kier alpha value is -1.02. The van der Waals surface area contributed by atoms with E-state index in [0.29, 0.717) is 5.88 Å². The molecule has 0 aliphatic heterocycles. The van der Waals surface area contributed by atoms with Crippen molar-refractivity contribution >= 4 is 22.6 Å². The van der Waals surface area contributed by atoms with Crippen LogP contribution >= 0.6 is 11.6 Å². The molecule has 0 fully saturated rings. The number of halogens is 1. The molecule has 0 aliphatic rings. The molecule has 0 radical (unpaired) electrons. The Labute approximate surface area is 82.1 Å². The lowest BCUT2D eigenvalue weighted by atomic mass is 10.2. The van der Waals surface area contributed by atoms with Gasteiger partial charge in [0.15, 0.2) is 11.0 Å².